The Morgan fingerprint density at radius 2 is 1.81 bits per heavy atom. The van der Waals surface area contributed by atoms with Gasteiger partial charge in [0.2, 0.25) is 5.91 Å². The zero-order valence-electron chi connectivity index (χ0n) is 17.3. The second kappa shape index (κ2) is 10.7. The SMILES string of the molecule is O=C(CSc1nnc(CCN2CCOCC2)n1-c1ccc(F)cc1)Nc1ccccc1F. The van der Waals surface area contributed by atoms with Crippen molar-refractivity contribution in [1.29, 1.82) is 0 Å². The first-order chi connectivity index (χ1) is 15.6. The number of hydrogen-bond acceptors (Lipinski definition) is 6. The van der Waals surface area contributed by atoms with Crippen LogP contribution in [0.5, 0.6) is 0 Å². The lowest BCUT2D eigenvalue weighted by Crippen LogP contribution is -2.37. The monoisotopic (exact) mass is 459 g/mol. The summed E-state index contributed by atoms with van der Waals surface area (Å²) in [5.74, 6) is -0.443. The Kier molecular flexibility index (Phi) is 7.46. The van der Waals surface area contributed by atoms with Gasteiger partial charge in [-0.05, 0) is 36.4 Å². The molecule has 0 spiro atoms. The van der Waals surface area contributed by atoms with Crippen LogP contribution in [-0.4, -0.2) is 64.2 Å². The van der Waals surface area contributed by atoms with Crippen LogP contribution < -0.4 is 5.32 Å². The highest BCUT2D eigenvalue weighted by molar-refractivity contribution is 7.99. The summed E-state index contributed by atoms with van der Waals surface area (Å²) in [6.07, 6.45) is 0.645. The molecule has 1 amide bonds. The fourth-order valence-corrected chi connectivity index (χ4v) is 4.14. The number of morpholine rings is 1. The lowest BCUT2D eigenvalue weighted by atomic mass is 10.3. The Labute approximate surface area is 188 Å². The van der Waals surface area contributed by atoms with Crippen LogP contribution in [-0.2, 0) is 16.0 Å². The van der Waals surface area contributed by atoms with E-state index in [0.717, 1.165) is 25.5 Å². The number of nitrogens with one attached hydrogen (secondary N) is 1. The first-order valence-electron chi connectivity index (χ1n) is 10.3. The van der Waals surface area contributed by atoms with Gasteiger partial charge in [-0.15, -0.1) is 10.2 Å². The zero-order chi connectivity index (χ0) is 22.3. The summed E-state index contributed by atoms with van der Waals surface area (Å²) in [6.45, 7) is 3.94. The molecule has 4 rings (SSSR count). The molecule has 2 aromatic carbocycles. The summed E-state index contributed by atoms with van der Waals surface area (Å²) < 4.78 is 34.5. The normalized spacial score (nSPS) is 14.4. The van der Waals surface area contributed by atoms with Gasteiger partial charge in [0.25, 0.3) is 0 Å². The van der Waals surface area contributed by atoms with Gasteiger partial charge in [0.05, 0.1) is 24.7 Å². The maximum absolute atomic E-state index is 13.8. The number of carbonyl (C=O) groups is 1. The summed E-state index contributed by atoms with van der Waals surface area (Å²) >= 11 is 1.19. The second-order valence-electron chi connectivity index (χ2n) is 7.23. The average Bonchev–Trinajstić information content (AvgIpc) is 3.22. The van der Waals surface area contributed by atoms with E-state index in [9.17, 15) is 13.6 Å². The van der Waals surface area contributed by atoms with Crippen molar-refractivity contribution in [3.8, 4) is 5.69 Å². The minimum atomic E-state index is -0.495. The van der Waals surface area contributed by atoms with Crippen LogP contribution in [0, 0.1) is 11.6 Å². The average molecular weight is 460 g/mol. The highest BCUT2D eigenvalue weighted by Crippen LogP contribution is 2.23. The smallest absolute Gasteiger partial charge is 0.234 e. The van der Waals surface area contributed by atoms with E-state index in [0.29, 0.717) is 30.5 Å². The predicted molar refractivity (Wildman–Crippen MR) is 118 cm³/mol. The van der Waals surface area contributed by atoms with E-state index in [4.69, 9.17) is 4.74 Å². The van der Waals surface area contributed by atoms with Crippen LogP contribution in [0.3, 0.4) is 0 Å². The van der Waals surface area contributed by atoms with Gasteiger partial charge in [-0.3, -0.25) is 14.3 Å². The van der Waals surface area contributed by atoms with Crippen molar-refractivity contribution in [2.24, 2.45) is 0 Å². The highest BCUT2D eigenvalue weighted by atomic mass is 32.2. The van der Waals surface area contributed by atoms with Crippen molar-refractivity contribution in [3.05, 3.63) is 66.0 Å². The molecule has 7 nitrogen and oxygen atoms in total. The van der Waals surface area contributed by atoms with E-state index < -0.39 is 5.82 Å². The van der Waals surface area contributed by atoms with Crippen LogP contribution in [0.1, 0.15) is 5.82 Å². The van der Waals surface area contributed by atoms with Crippen LogP contribution in [0.15, 0.2) is 53.7 Å². The Morgan fingerprint density at radius 3 is 2.56 bits per heavy atom. The fraction of sp³-hybridized carbons (Fsp3) is 0.318. The molecule has 1 N–H and O–H groups in total. The van der Waals surface area contributed by atoms with Crippen LogP contribution >= 0.6 is 11.8 Å². The molecule has 10 heteroatoms. The van der Waals surface area contributed by atoms with Gasteiger partial charge in [0.1, 0.15) is 17.5 Å². The van der Waals surface area contributed by atoms with Crippen molar-refractivity contribution in [2.75, 3.05) is 43.9 Å². The molecular weight excluding hydrogens is 436 g/mol. The van der Waals surface area contributed by atoms with Gasteiger partial charge in [0, 0.05) is 31.7 Å². The third-order valence-electron chi connectivity index (χ3n) is 5.02. The lowest BCUT2D eigenvalue weighted by Gasteiger charge is -2.26. The number of anilines is 1. The Hall–Kier alpha value is -2.82. The Balaban J connectivity index is 1.48. The maximum Gasteiger partial charge on any atom is 0.234 e. The quantitative estimate of drug-likeness (QED) is 0.522. The number of carbonyl (C=O) groups excluding carboxylic acids is 1. The molecule has 0 radical (unpaired) electrons. The van der Waals surface area contributed by atoms with Gasteiger partial charge in [-0.2, -0.15) is 0 Å². The Bertz CT molecular complexity index is 1050. The largest absolute Gasteiger partial charge is 0.379 e. The number of hydrogen-bond donors (Lipinski definition) is 1. The molecule has 1 aliphatic rings. The minimum Gasteiger partial charge on any atom is -0.379 e. The molecule has 0 unspecified atom stereocenters. The molecule has 3 aromatic rings. The number of para-hydroxylation sites is 1. The van der Waals surface area contributed by atoms with Crippen molar-refractivity contribution in [2.45, 2.75) is 11.6 Å². The van der Waals surface area contributed by atoms with Gasteiger partial charge >= 0.3 is 0 Å². The van der Waals surface area contributed by atoms with Crippen molar-refractivity contribution >= 4 is 23.4 Å². The van der Waals surface area contributed by atoms with Crippen molar-refractivity contribution < 1.29 is 18.3 Å². The third kappa shape index (κ3) is 5.70. The van der Waals surface area contributed by atoms with Crippen LogP contribution in [0.2, 0.25) is 0 Å². The minimum absolute atomic E-state index is 0.0249. The summed E-state index contributed by atoms with van der Waals surface area (Å²) in [4.78, 5) is 14.6. The molecule has 2 heterocycles. The van der Waals surface area contributed by atoms with Gasteiger partial charge < -0.3 is 10.1 Å². The van der Waals surface area contributed by atoms with Gasteiger partial charge in [-0.1, -0.05) is 23.9 Å². The van der Waals surface area contributed by atoms with E-state index in [1.54, 1.807) is 24.3 Å². The van der Waals surface area contributed by atoms with Gasteiger partial charge in [-0.25, -0.2) is 8.78 Å². The van der Waals surface area contributed by atoms with Crippen molar-refractivity contribution in [3.63, 3.8) is 0 Å². The number of amides is 1. The van der Waals surface area contributed by atoms with Crippen LogP contribution in [0.4, 0.5) is 14.5 Å². The van der Waals surface area contributed by atoms with E-state index in [-0.39, 0.29) is 23.2 Å². The fourth-order valence-electron chi connectivity index (χ4n) is 3.37. The van der Waals surface area contributed by atoms with E-state index >= 15 is 0 Å². The molecule has 1 aliphatic heterocycles. The van der Waals surface area contributed by atoms with Crippen LogP contribution in [0.25, 0.3) is 5.69 Å². The molecular formula is C22H23F2N5O2S. The molecule has 1 fully saturated rings. The number of aromatic nitrogens is 3. The number of ether oxygens (including phenoxy) is 1. The van der Waals surface area contributed by atoms with E-state index in [1.807, 2.05) is 4.57 Å². The van der Waals surface area contributed by atoms with Crippen molar-refractivity contribution in [1.82, 2.24) is 19.7 Å². The molecule has 1 aromatic heterocycles. The Morgan fingerprint density at radius 1 is 1.06 bits per heavy atom. The van der Waals surface area contributed by atoms with E-state index in [1.165, 1.54) is 36.0 Å². The molecule has 0 bridgehead atoms. The second-order valence-corrected chi connectivity index (χ2v) is 8.17. The number of thioether (sulfide) groups is 1. The standard InChI is InChI=1S/C22H23F2N5O2S/c23-16-5-7-17(8-6-16)29-20(9-10-28-11-13-31-14-12-28)26-27-22(29)32-15-21(30)25-19-4-2-1-3-18(19)24/h1-8H,9-15H2,(H,25,30). The molecule has 0 atom stereocenters. The molecule has 32 heavy (non-hydrogen) atoms. The summed E-state index contributed by atoms with van der Waals surface area (Å²) in [7, 11) is 0. The van der Waals surface area contributed by atoms with E-state index in [2.05, 4.69) is 20.4 Å². The molecule has 1 saturated heterocycles. The molecule has 0 aliphatic carbocycles. The maximum atomic E-state index is 13.8. The number of nitrogens with zero attached hydrogens (tertiary/aromatic N) is 4. The first kappa shape index (κ1) is 22.4. The third-order valence-corrected chi connectivity index (χ3v) is 5.95. The lowest BCUT2D eigenvalue weighted by molar-refractivity contribution is -0.113. The molecule has 0 saturated carbocycles. The first-order valence-corrected chi connectivity index (χ1v) is 11.3. The number of rotatable bonds is 8. The highest BCUT2D eigenvalue weighted by Gasteiger charge is 2.18. The number of halogens is 2. The summed E-state index contributed by atoms with van der Waals surface area (Å²) in [6, 6.07) is 12.1. The number of benzene rings is 2. The zero-order valence-corrected chi connectivity index (χ0v) is 18.2. The predicted octanol–water partition coefficient (Wildman–Crippen LogP) is 3.15. The topological polar surface area (TPSA) is 72.3 Å². The molecule has 168 valence electrons. The van der Waals surface area contributed by atoms with Gasteiger partial charge in [0.15, 0.2) is 5.16 Å². The summed E-state index contributed by atoms with van der Waals surface area (Å²) in [5.41, 5.74) is 0.842. The summed E-state index contributed by atoms with van der Waals surface area (Å²) in [5, 5.41) is 11.7.